The Kier molecular flexibility index (Phi) is 7.06. The van der Waals surface area contributed by atoms with Gasteiger partial charge in [-0.05, 0) is 30.7 Å². The number of benzene rings is 2. The summed E-state index contributed by atoms with van der Waals surface area (Å²) in [5, 5.41) is 4.89. The lowest BCUT2D eigenvalue weighted by Crippen LogP contribution is -2.22. The van der Waals surface area contributed by atoms with E-state index in [9.17, 15) is 36.3 Å². The minimum atomic E-state index is -3.48. The van der Waals surface area contributed by atoms with Crippen molar-refractivity contribution in [3.05, 3.63) is 52.3 Å². The van der Waals surface area contributed by atoms with E-state index < -0.39 is 73.8 Å². The Balaban J connectivity index is 1.86. The van der Waals surface area contributed by atoms with Crippen LogP contribution >= 0.6 is 34.8 Å². The van der Waals surface area contributed by atoms with Gasteiger partial charge in [-0.2, -0.15) is 8.78 Å². The van der Waals surface area contributed by atoms with Crippen molar-refractivity contribution in [2.24, 2.45) is 5.92 Å². The van der Waals surface area contributed by atoms with Crippen LogP contribution in [0.2, 0.25) is 5.02 Å². The van der Waals surface area contributed by atoms with Gasteiger partial charge in [-0.15, -0.1) is 23.2 Å². The fraction of sp³-hybridized carbons (Fsp3) is 0.211. The SMILES string of the molecule is O=C(Nc1c(F)ccc(NC(=O)C(F)F)c1F)c1cc(NC(=O)C2CC2(Cl)Cl)cc(F)c1Cl. The van der Waals surface area contributed by atoms with E-state index in [1.165, 1.54) is 5.32 Å². The molecule has 33 heavy (non-hydrogen) atoms. The standard InChI is InChI=1S/C19H11Cl3F5N3O3/c20-12-7(3-6(4-10(12)24)28-17(32)8-5-19(8,21)22)16(31)30-14-9(23)1-2-11(13(14)25)29-18(33)15(26)27/h1-4,8,15H,5H2,(H,28,32)(H,29,33)(H,30,31). The zero-order valence-corrected chi connectivity index (χ0v) is 18.2. The second-order valence-corrected chi connectivity index (χ2v) is 8.77. The van der Waals surface area contributed by atoms with Crippen LogP contribution in [0.1, 0.15) is 16.8 Å². The number of carbonyl (C=O) groups excluding carboxylic acids is 3. The summed E-state index contributed by atoms with van der Waals surface area (Å²) in [6.45, 7) is 0. The number of anilines is 3. The van der Waals surface area contributed by atoms with Crippen molar-refractivity contribution in [1.82, 2.24) is 0 Å². The molecule has 1 unspecified atom stereocenters. The van der Waals surface area contributed by atoms with E-state index in [2.05, 4.69) is 5.32 Å². The number of rotatable bonds is 6. The van der Waals surface area contributed by atoms with Gasteiger partial charge >= 0.3 is 6.43 Å². The molecule has 176 valence electrons. The molecule has 14 heteroatoms. The van der Waals surface area contributed by atoms with Gasteiger partial charge in [0.2, 0.25) is 5.91 Å². The molecule has 2 aromatic rings. The Morgan fingerprint density at radius 1 is 1.00 bits per heavy atom. The minimum Gasteiger partial charge on any atom is -0.326 e. The summed E-state index contributed by atoms with van der Waals surface area (Å²) in [4.78, 5) is 35.7. The van der Waals surface area contributed by atoms with Gasteiger partial charge in [0.1, 0.15) is 21.7 Å². The lowest BCUT2D eigenvalue weighted by molar-refractivity contribution is -0.126. The molecule has 0 spiro atoms. The molecule has 0 aromatic heterocycles. The van der Waals surface area contributed by atoms with E-state index in [-0.39, 0.29) is 12.1 Å². The van der Waals surface area contributed by atoms with Crippen molar-refractivity contribution < 1.29 is 36.3 Å². The van der Waals surface area contributed by atoms with Gasteiger partial charge in [0.05, 0.1) is 22.2 Å². The average molecular weight is 531 g/mol. The number of halogens is 8. The van der Waals surface area contributed by atoms with Crippen LogP contribution in [0.4, 0.5) is 39.0 Å². The molecule has 1 aliphatic rings. The highest BCUT2D eigenvalue weighted by atomic mass is 35.5. The van der Waals surface area contributed by atoms with Gasteiger partial charge in [0.15, 0.2) is 5.82 Å². The molecule has 6 nitrogen and oxygen atoms in total. The smallest absolute Gasteiger partial charge is 0.315 e. The molecule has 0 aliphatic heterocycles. The van der Waals surface area contributed by atoms with E-state index in [1.54, 1.807) is 5.32 Å². The van der Waals surface area contributed by atoms with Gasteiger partial charge in [0, 0.05) is 5.69 Å². The molecule has 3 amide bonds. The van der Waals surface area contributed by atoms with Crippen LogP contribution in [0.3, 0.4) is 0 Å². The monoisotopic (exact) mass is 529 g/mol. The average Bonchev–Trinajstić information content (AvgIpc) is 3.37. The van der Waals surface area contributed by atoms with Crippen LogP contribution in [0.5, 0.6) is 0 Å². The highest BCUT2D eigenvalue weighted by molar-refractivity contribution is 6.52. The number of amides is 3. The first kappa shape index (κ1) is 25.0. The lowest BCUT2D eigenvalue weighted by Gasteiger charge is -2.14. The Bertz CT molecular complexity index is 1160. The summed E-state index contributed by atoms with van der Waals surface area (Å²) in [5.74, 6) is -8.64. The van der Waals surface area contributed by atoms with Gasteiger partial charge in [0.25, 0.3) is 11.8 Å². The van der Waals surface area contributed by atoms with Crippen molar-refractivity contribution in [3.8, 4) is 0 Å². The zero-order chi connectivity index (χ0) is 24.7. The quantitative estimate of drug-likeness (QED) is 0.348. The molecule has 1 aliphatic carbocycles. The predicted octanol–water partition coefficient (Wildman–Crippen LogP) is 5.35. The maximum atomic E-state index is 14.5. The molecule has 1 atom stereocenters. The maximum absolute atomic E-state index is 14.5. The molecule has 1 fully saturated rings. The number of hydrogen-bond acceptors (Lipinski definition) is 3. The summed E-state index contributed by atoms with van der Waals surface area (Å²) in [6.07, 6.45) is -3.33. The zero-order valence-electron chi connectivity index (χ0n) is 15.9. The first-order chi connectivity index (χ1) is 15.3. The maximum Gasteiger partial charge on any atom is 0.315 e. The van der Waals surface area contributed by atoms with Crippen molar-refractivity contribution in [2.75, 3.05) is 16.0 Å². The summed E-state index contributed by atoms with van der Waals surface area (Å²) in [6, 6.07) is 2.99. The van der Waals surface area contributed by atoms with Crippen LogP contribution in [-0.2, 0) is 9.59 Å². The largest absolute Gasteiger partial charge is 0.326 e. The highest BCUT2D eigenvalue weighted by Gasteiger charge is 2.56. The number of carbonyl (C=O) groups is 3. The Hall–Kier alpha value is -2.63. The minimum absolute atomic E-state index is 0.155. The number of nitrogens with one attached hydrogen (secondary N) is 3. The van der Waals surface area contributed by atoms with Crippen molar-refractivity contribution in [1.29, 1.82) is 0 Å². The third-order valence-corrected chi connectivity index (χ3v) is 5.69. The Morgan fingerprint density at radius 3 is 2.21 bits per heavy atom. The molecule has 0 saturated heterocycles. The van der Waals surface area contributed by atoms with Crippen LogP contribution in [0.15, 0.2) is 24.3 Å². The van der Waals surface area contributed by atoms with Crippen LogP contribution < -0.4 is 16.0 Å². The molecule has 3 rings (SSSR count). The summed E-state index contributed by atoms with van der Waals surface area (Å²) < 4.78 is 66.4. The molecule has 1 saturated carbocycles. The molecule has 0 radical (unpaired) electrons. The molecule has 3 N–H and O–H groups in total. The highest BCUT2D eigenvalue weighted by Crippen LogP contribution is 2.53. The fourth-order valence-corrected chi connectivity index (χ4v) is 3.39. The first-order valence-electron chi connectivity index (χ1n) is 8.88. The Morgan fingerprint density at radius 2 is 1.64 bits per heavy atom. The molecular formula is C19H11Cl3F5N3O3. The van der Waals surface area contributed by atoms with Crippen LogP contribution in [-0.4, -0.2) is 28.5 Å². The van der Waals surface area contributed by atoms with E-state index in [0.29, 0.717) is 12.1 Å². The molecule has 0 heterocycles. The van der Waals surface area contributed by atoms with Gasteiger partial charge in [-0.1, -0.05) is 11.6 Å². The molecular weight excluding hydrogens is 520 g/mol. The van der Waals surface area contributed by atoms with Crippen molar-refractivity contribution in [3.63, 3.8) is 0 Å². The van der Waals surface area contributed by atoms with Crippen molar-refractivity contribution >= 4 is 69.6 Å². The second-order valence-electron chi connectivity index (χ2n) is 6.85. The summed E-state index contributed by atoms with van der Waals surface area (Å²) in [5.41, 5.74) is -2.80. The van der Waals surface area contributed by atoms with Crippen molar-refractivity contribution in [2.45, 2.75) is 17.2 Å². The first-order valence-corrected chi connectivity index (χ1v) is 10.0. The van der Waals surface area contributed by atoms with E-state index in [0.717, 1.165) is 12.1 Å². The third kappa shape index (κ3) is 5.48. The topological polar surface area (TPSA) is 87.3 Å². The van der Waals surface area contributed by atoms with Gasteiger partial charge < -0.3 is 16.0 Å². The predicted molar refractivity (Wildman–Crippen MR) is 112 cm³/mol. The van der Waals surface area contributed by atoms with Crippen LogP contribution in [0.25, 0.3) is 0 Å². The van der Waals surface area contributed by atoms with Crippen LogP contribution in [0, 0.1) is 23.4 Å². The van der Waals surface area contributed by atoms with E-state index in [4.69, 9.17) is 34.8 Å². The summed E-state index contributed by atoms with van der Waals surface area (Å²) in [7, 11) is 0. The normalized spacial score (nSPS) is 16.3. The Labute approximate surface area is 197 Å². The fourth-order valence-electron chi connectivity index (χ4n) is 2.69. The van der Waals surface area contributed by atoms with Gasteiger partial charge in [-0.25, -0.2) is 13.2 Å². The number of hydrogen-bond donors (Lipinski definition) is 3. The van der Waals surface area contributed by atoms with E-state index in [1.807, 2.05) is 0 Å². The third-order valence-electron chi connectivity index (χ3n) is 4.47. The molecule has 0 bridgehead atoms. The lowest BCUT2D eigenvalue weighted by atomic mass is 10.1. The number of alkyl halides is 4. The molecule has 2 aromatic carbocycles. The summed E-state index contributed by atoms with van der Waals surface area (Å²) >= 11 is 17.4. The van der Waals surface area contributed by atoms with Gasteiger partial charge in [-0.3, -0.25) is 14.4 Å². The van der Waals surface area contributed by atoms with E-state index >= 15 is 0 Å². The second kappa shape index (κ2) is 9.32.